The maximum absolute atomic E-state index is 13.5. The van der Waals surface area contributed by atoms with Crippen molar-refractivity contribution in [1.82, 2.24) is 15.1 Å². The molecule has 27 heavy (non-hydrogen) atoms. The first-order valence-electron chi connectivity index (χ1n) is 8.50. The maximum atomic E-state index is 13.5. The third kappa shape index (κ3) is 4.07. The molecule has 2 aromatic carbocycles. The summed E-state index contributed by atoms with van der Waals surface area (Å²) in [6.07, 6.45) is 1.77. The first-order valence-corrected chi connectivity index (χ1v) is 8.87. The molecule has 7 heteroatoms. The van der Waals surface area contributed by atoms with Crippen LogP contribution in [0.5, 0.6) is 11.5 Å². The fourth-order valence-electron chi connectivity index (χ4n) is 2.97. The third-order valence-electron chi connectivity index (χ3n) is 4.51. The average Bonchev–Trinajstić information content (AvgIpc) is 3.02. The maximum Gasteiger partial charge on any atom is 0.160 e. The first-order chi connectivity index (χ1) is 12.9. The molecule has 0 aliphatic rings. The van der Waals surface area contributed by atoms with Crippen LogP contribution in [-0.2, 0) is 6.54 Å². The minimum absolute atomic E-state index is 0.00603. The lowest BCUT2D eigenvalue weighted by molar-refractivity contribution is 0.372. The zero-order valence-corrected chi connectivity index (χ0v) is 16.1. The van der Waals surface area contributed by atoms with Crippen molar-refractivity contribution >= 4 is 11.6 Å². The summed E-state index contributed by atoms with van der Waals surface area (Å²) in [5.74, 6) is 0.0801. The van der Waals surface area contributed by atoms with Crippen molar-refractivity contribution in [3.05, 3.63) is 70.3 Å². The van der Waals surface area contributed by atoms with E-state index in [1.807, 2.05) is 19.9 Å². The zero-order chi connectivity index (χ0) is 19.6. The molecule has 1 heterocycles. The molecule has 0 fully saturated rings. The minimum Gasteiger partial charge on any atom is -0.504 e. The van der Waals surface area contributed by atoms with Crippen molar-refractivity contribution < 1.29 is 14.2 Å². The molecule has 0 saturated heterocycles. The average molecular weight is 390 g/mol. The number of ether oxygens (including phenoxy) is 1. The van der Waals surface area contributed by atoms with Gasteiger partial charge in [0.2, 0.25) is 0 Å². The summed E-state index contributed by atoms with van der Waals surface area (Å²) in [4.78, 5) is 0. The molecule has 3 rings (SSSR count). The number of benzene rings is 2. The Morgan fingerprint density at radius 2 is 2.11 bits per heavy atom. The Kier molecular flexibility index (Phi) is 5.68. The molecule has 0 saturated carbocycles. The van der Waals surface area contributed by atoms with E-state index in [1.165, 1.54) is 25.3 Å². The predicted octanol–water partition coefficient (Wildman–Crippen LogP) is 4.54. The Labute approximate surface area is 162 Å². The van der Waals surface area contributed by atoms with E-state index >= 15 is 0 Å². The molecule has 0 radical (unpaired) electrons. The monoisotopic (exact) mass is 389 g/mol. The van der Waals surface area contributed by atoms with Crippen LogP contribution < -0.4 is 10.1 Å². The number of aromatic nitrogens is 2. The van der Waals surface area contributed by atoms with E-state index in [0.29, 0.717) is 23.0 Å². The molecule has 0 aliphatic carbocycles. The Morgan fingerprint density at radius 1 is 1.33 bits per heavy atom. The molecule has 5 nitrogen and oxygen atoms in total. The van der Waals surface area contributed by atoms with Gasteiger partial charge in [-0.3, -0.25) is 0 Å². The second-order valence-corrected chi connectivity index (χ2v) is 6.70. The van der Waals surface area contributed by atoms with Gasteiger partial charge in [0.15, 0.2) is 11.5 Å². The van der Waals surface area contributed by atoms with Crippen LogP contribution in [0.2, 0.25) is 5.02 Å². The normalized spacial score (nSPS) is 12.2. The highest BCUT2D eigenvalue weighted by Gasteiger charge is 2.15. The number of aromatic hydroxyl groups is 1. The van der Waals surface area contributed by atoms with Crippen LogP contribution in [0.4, 0.5) is 4.39 Å². The van der Waals surface area contributed by atoms with Crippen molar-refractivity contribution in [2.75, 3.05) is 7.11 Å². The van der Waals surface area contributed by atoms with Crippen molar-refractivity contribution in [2.45, 2.75) is 26.4 Å². The molecular formula is C20H21ClFN3O2. The summed E-state index contributed by atoms with van der Waals surface area (Å²) in [7, 11) is 1.49. The second kappa shape index (κ2) is 7.98. The number of nitrogens with zero attached hydrogens (tertiary/aromatic N) is 2. The largest absolute Gasteiger partial charge is 0.504 e. The molecule has 0 amide bonds. The van der Waals surface area contributed by atoms with Gasteiger partial charge in [0.1, 0.15) is 5.82 Å². The van der Waals surface area contributed by atoms with Gasteiger partial charge in [0.05, 0.1) is 19.0 Å². The minimum atomic E-state index is -0.300. The fraction of sp³-hybridized carbons (Fsp3) is 0.250. The van der Waals surface area contributed by atoms with Gasteiger partial charge in [0, 0.05) is 34.9 Å². The van der Waals surface area contributed by atoms with Crippen molar-refractivity contribution in [1.29, 1.82) is 0 Å². The Hall–Kier alpha value is -2.57. The molecule has 142 valence electrons. The summed E-state index contributed by atoms with van der Waals surface area (Å²) in [6, 6.07) is 9.49. The van der Waals surface area contributed by atoms with Crippen LogP contribution in [-0.4, -0.2) is 22.0 Å². The summed E-state index contributed by atoms with van der Waals surface area (Å²) in [6.45, 7) is 4.45. The lowest BCUT2D eigenvalue weighted by Gasteiger charge is -2.16. The summed E-state index contributed by atoms with van der Waals surface area (Å²) in [5, 5.41) is 18.0. The second-order valence-electron chi connectivity index (χ2n) is 6.30. The van der Waals surface area contributed by atoms with Crippen LogP contribution in [0.15, 0.2) is 42.6 Å². The van der Waals surface area contributed by atoms with Gasteiger partial charge in [-0.2, -0.15) is 5.10 Å². The molecule has 1 aromatic heterocycles. The lowest BCUT2D eigenvalue weighted by atomic mass is 10.1. The molecule has 1 atom stereocenters. The van der Waals surface area contributed by atoms with Gasteiger partial charge in [-0.15, -0.1) is 0 Å². The molecule has 3 aromatic rings. The van der Waals surface area contributed by atoms with Gasteiger partial charge in [-0.1, -0.05) is 17.7 Å². The summed E-state index contributed by atoms with van der Waals surface area (Å²) >= 11 is 6.21. The van der Waals surface area contributed by atoms with Gasteiger partial charge in [0.25, 0.3) is 0 Å². The number of phenols is 1. The number of nitrogens with one attached hydrogen (secondary N) is 1. The molecule has 0 spiro atoms. The Bertz CT molecular complexity index is 958. The quantitative estimate of drug-likeness (QED) is 0.650. The van der Waals surface area contributed by atoms with Crippen LogP contribution in [0.25, 0.3) is 5.69 Å². The number of halogens is 2. The molecule has 0 bridgehead atoms. The molecule has 2 N–H and O–H groups in total. The van der Waals surface area contributed by atoms with Crippen molar-refractivity contribution in [3.8, 4) is 17.2 Å². The lowest BCUT2D eigenvalue weighted by Crippen LogP contribution is -2.19. The standard InChI is InChI=1S/C20H21ClFN3O2/c1-12(23-10-14-7-20(27-3)19(26)9-18(14)21)17-11-24-25(13(17)2)16-6-4-5-15(22)8-16/h4-9,11-12,23,26H,10H2,1-3H3/t12-/m0/s1. The van der Waals surface area contributed by atoms with Gasteiger partial charge >= 0.3 is 0 Å². The predicted molar refractivity (Wildman–Crippen MR) is 103 cm³/mol. The SMILES string of the molecule is COc1cc(CN[C@@H](C)c2cnn(-c3cccc(F)c3)c2C)c(Cl)cc1O. The number of hydrogen-bond donors (Lipinski definition) is 2. The highest BCUT2D eigenvalue weighted by molar-refractivity contribution is 6.31. The van der Waals surface area contributed by atoms with Crippen LogP contribution in [0.1, 0.15) is 29.8 Å². The highest BCUT2D eigenvalue weighted by atomic mass is 35.5. The van der Waals surface area contributed by atoms with Crippen LogP contribution in [0, 0.1) is 12.7 Å². The van der Waals surface area contributed by atoms with Crippen LogP contribution >= 0.6 is 11.6 Å². The van der Waals surface area contributed by atoms with Gasteiger partial charge in [-0.05, 0) is 43.7 Å². The van der Waals surface area contributed by atoms with Crippen molar-refractivity contribution in [2.24, 2.45) is 0 Å². The zero-order valence-electron chi connectivity index (χ0n) is 15.3. The van der Waals surface area contributed by atoms with Crippen molar-refractivity contribution in [3.63, 3.8) is 0 Å². The number of methoxy groups -OCH3 is 1. The number of rotatable bonds is 6. The van der Waals surface area contributed by atoms with Crippen LogP contribution in [0.3, 0.4) is 0 Å². The molecule has 0 unspecified atom stereocenters. The van der Waals surface area contributed by atoms with Gasteiger partial charge in [-0.25, -0.2) is 9.07 Å². The van der Waals surface area contributed by atoms with E-state index < -0.39 is 0 Å². The van der Waals surface area contributed by atoms with E-state index in [4.69, 9.17) is 16.3 Å². The van der Waals surface area contributed by atoms with E-state index in [0.717, 1.165) is 16.8 Å². The Balaban J connectivity index is 1.77. The fourth-order valence-corrected chi connectivity index (χ4v) is 3.20. The number of hydrogen-bond acceptors (Lipinski definition) is 4. The molecule has 0 aliphatic heterocycles. The van der Waals surface area contributed by atoms with E-state index in [-0.39, 0.29) is 17.6 Å². The van der Waals surface area contributed by atoms with E-state index in [2.05, 4.69) is 10.4 Å². The summed E-state index contributed by atoms with van der Waals surface area (Å²) < 4.78 is 20.3. The third-order valence-corrected chi connectivity index (χ3v) is 4.87. The smallest absolute Gasteiger partial charge is 0.160 e. The summed E-state index contributed by atoms with van der Waals surface area (Å²) in [5.41, 5.74) is 3.42. The highest BCUT2D eigenvalue weighted by Crippen LogP contribution is 2.32. The topological polar surface area (TPSA) is 59.3 Å². The first kappa shape index (κ1) is 19.2. The molecular weight excluding hydrogens is 369 g/mol. The van der Waals surface area contributed by atoms with E-state index in [9.17, 15) is 9.50 Å². The Morgan fingerprint density at radius 3 is 2.81 bits per heavy atom. The van der Waals surface area contributed by atoms with E-state index in [1.54, 1.807) is 23.0 Å². The van der Waals surface area contributed by atoms with Gasteiger partial charge < -0.3 is 15.2 Å². The number of phenolic OH excluding ortho intramolecular Hbond substituents is 1.